The number of benzene rings is 1. The topological polar surface area (TPSA) is 107 Å². The van der Waals surface area contributed by atoms with E-state index in [2.05, 4.69) is 15.4 Å². The van der Waals surface area contributed by atoms with Crippen LogP contribution in [0.4, 0.5) is 11.5 Å². The Labute approximate surface area is 122 Å². The number of anilines is 1. The predicted octanol–water partition coefficient (Wildman–Crippen LogP) is 2.77. The number of nitrogens with two attached hydrogens (primary N) is 1. The first kappa shape index (κ1) is 14.9. The molecule has 0 bridgehead atoms. The zero-order valence-electron chi connectivity index (χ0n) is 12.1. The van der Waals surface area contributed by atoms with E-state index < -0.39 is 4.92 Å². The molecule has 7 nitrogen and oxygen atoms in total. The number of hydrogen-bond donors (Lipinski definition) is 2. The number of non-ortho nitro benzene ring substituents is 1. The maximum absolute atomic E-state index is 10.9. The molecule has 0 spiro atoms. The highest BCUT2D eigenvalue weighted by Gasteiger charge is 2.16. The van der Waals surface area contributed by atoms with Crippen LogP contribution < -0.4 is 11.3 Å². The third-order valence-corrected chi connectivity index (χ3v) is 3.17. The minimum atomic E-state index is -0.444. The normalized spacial score (nSPS) is 10.7. The van der Waals surface area contributed by atoms with E-state index in [1.807, 2.05) is 20.8 Å². The minimum absolute atomic E-state index is 0.00365. The summed E-state index contributed by atoms with van der Waals surface area (Å²) in [6.45, 7) is 5.93. The Kier molecular flexibility index (Phi) is 4.13. The van der Waals surface area contributed by atoms with Crippen LogP contribution in [0.15, 0.2) is 24.3 Å². The smallest absolute Gasteiger partial charge is 0.270 e. The molecule has 1 heterocycles. The van der Waals surface area contributed by atoms with E-state index in [9.17, 15) is 10.1 Å². The van der Waals surface area contributed by atoms with E-state index in [1.54, 1.807) is 12.1 Å². The average Bonchev–Trinajstić information content (AvgIpc) is 2.45. The van der Waals surface area contributed by atoms with Crippen LogP contribution >= 0.6 is 0 Å². The summed E-state index contributed by atoms with van der Waals surface area (Å²) in [7, 11) is 0. The van der Waals surface area contributed by atoms with Crippen molar-refractivity contribution in [1.82, 2.24) is 9.97 Å². The molecule has 110 valence electrons. The molecule has 0 saturated heterocycles. The van der Waals surface area contributed by atoms with Crippen LogP contribution in [0, 0.1) is 17.0 Å². The Balaban J connectivity index is 2.57. The molecule has 0 fully saturated rings. The van der Waals surface area contributed by atoms with Gasteiger partial charge >= 0.3 is 0 Å². The van der Waals surface area contributed by atoms with E-state index in [-0.39, 0.29) is 11.6 Å². The number of aromatic nitrogens is 2. The highest BCUT2D eigenvalue weighted by molar-refractivity contribution is 5.62. The Bertz CT molecular complexity index is 685. The first-order valence-corrected chi connectivity index (χ1v) is 6.54. The highest BCUT2D eigenvalue weighted by Crippen LogP contribution is 2.28. The number of nitrogen functional groups attached to an aromatic ring is 1. The lowest BCUT2D eigenvalue weighted by atomic mass is 10.0. The van der Waals surface area contributed by atoms with Gasteiger partial charge in [-0.1, -0.05) is 26.0 Å². The predicted molar refractivity (Wildman–Crippen MR) is 80.8 cm³/mol. The second-order valence-corrected chi connectivity index (χ2v) is 5.00. The van der Waals surface area contributed by atoms with Crippen LogP contribution in [-0.2, 0) is 0 Å². The Morgan fingerprint density at radius 2 is 2.05 bits per heavy atom. The lowest BCUT2D eigenvalue weighted by molar-refractivity contribution is -0.384. The van der Waals surface area contributed by atoms with Gasteiger partial charge in [-0.25, -0.2) is 15.8 Å². The van der Waals surface area contributed by atoms with Crippen molar-refractivity contribution >= 4 is 11.5 Å². The number of hydrogen-bond acceptors (Lipinski definition) is 6. The van der Waals surface area contributed by atoms with Gasteiger partial charge in [-0.15, -0.1) is 0 Å². The van der Waals surface area contributed by atoms with Gasteiger partial charge in [-0.05, 0) is 12.8 Å². The number of rotatable bonds is 4. The molecule has 0 saturated carbocycles. The second-order valence-electron chi connectivity index (χ2n) is 5.00. The first-order chi connectivity index (χ1) is 9.93. The van der Waals surface area contributed by atoms with Gasteiger partial charge < -0.3 is 5.43 Å². The van der Waals surface area contributed by atoms with Gasteiger partial charge in [-0.2, -0.15) is 0 Å². The fraction of sp³-hybridized carbons (Fsp3) is 0.286. The molecule has 2 rings (SSSR count). The van der Waals surface area contributed by atoms with Crippen molar-refractivity contribution < 1.29 is 4.92 Å². The van der Waals surface area contributed by atoms with Crippen LogP contribution in [-0.4, -0.2) is 14.9 Å². The van der Waals surface area contributed by atoms with E-state index in [4.69, 9.17) is 5.84 Å². The Hall–Kier alpha value is -2.54. The highest BCUT2D eigenvalue weighted by atomic mass is 16.6. The summed E-state index contributed by atoms with van der Waals surface area (Å²) >= 11 is 0. The second kappa shape index (κ2) is 5.84. The summed E-state index contributed by atoms with van der Waals surface area (Å²) in [6.07, 6.45) is 0. The Morgan fingerprint density at radius 3 is 2.62 bits per heavy atom. The van der Waals surface area contributed by atoms with Crippen LogP contribution in [0.25, 0.3) is 11.4 Å². The molecule has 0 unspecified atom stereocenters. The van der Waals surface area contributed by atoms with Crippen molar-refractivity contribution in [3.8, 4) is 11.4 Å². The number of aryl methyl sites for hydroxylation is 1. The summed E-state index contributed by atoms with van der Waals surface area (Å²) < 4.78 is 0. The van der Waals surface area contributed by atoms with E-state index >= 15 is 0 Å². The summed E-state index contributed by atoms with van der Waals surface area (Å²) in [5.41, 5.74) is 4.90. The van der Waals surface area contributed by atoms with E-state index in [1.165, 1.54) is 12.1 Å². The molecule has 1 aromatic carbocycles. The molecular formula is C14H17N5O2. The van der Waals surface area contributed by atoms with E-state index in [0.29, 0.717) is 17.2 Å². The minimum Gasteiger partial charge on any atom is -0.308 e. The van der Waals surface area contributed by atoms with Gasteiger partial charge in [0, 0.05) is 29.0 Å². The fourth-order valence-corrected chi connectivity index (χ4v) is 2.27. The average molecular weight is 287 g/mol. The van der Waals surface area contributed by atoms with Gasteiger partial charge in [0.1, 0.15) is 5.82 Å². The van der Waals surface area contributed by atoms with Crippen LogP contribution in [0.5, 0.6) is 0 Å². The fourth-order valence-electron chi connectivity index (χ4n) is 2.27. The lowest BCUT2D eigenvalue weighted by Gasteiger charge is -2.15. The van der Waals surface area contributed by atoms with Crippen molar-refractivity contribution in [3.05, 3.63) is 45.6 Å². The lowest BCUT2D eigenvalue weighted by Crippen LogP contribution is -2.14. The molecule has 3 N–H and O–H groups in total. The van der Waals surface area contributed by atoms with Gasteiger partial charge in [0.05, 0.1) is 4.92 Å². The number of nitro benzene ring substituents is 1. The summed E-state index contributed by atoms with van der Waals surface area (Å²) in [5, 5.41) is 10.9. The maximum atomic E-state index is 10.9. The van der Waals surface area contributed by atoms with E-state index in [0.717, 1.165) is 11.3 Å². The monoisotopic (exact) mass is 287 g/mol. The molecule has 0 radical (unpaired) electrons. The third-order valence-electron chi connectivity index (χ3n) is 3.17. The van der Waals surface area contributed by atoms with Gasteiger partial charge in [-0.3, -0.25) is 10.1 Å². The zero-order chi connectivity index (χ0) is 15.6. The molecule has 2 aromatic rings. The van der Waals surface area contributed by atoms with Crippen molar-refractivity contribution in [3.63, 3.8) is 0 Å². The molecule has 0 amide bonds. The van der Waals surface area contributed by atoms with Crippen molar-refractivity contribution in [2.24, 2.45) is 5.84 Å². The van der Waals surface area contributed by atoms with Gasteiger partial charge in [0.2, 0.25) is 0 Å². The molecule has 0 aliphatic carbocycles. The standard InChI is InChI=1S/C14H17N5O2/c1-8(2)12-9(3)16-13(17-14(12)18-15)10-5-4-6-11(7-10)19(20)21/h4-8H,15H2,1-3H3,(H,16,17,18). The summed E-state index contributed by atoms with van der Waals surface area (Å²) in [4.78, 5) is 19.2. The summed E-state index contributed by atoms with van der Waals surface area (Å²) in [6, 6.07) is 6.22. The van der Waals surface area contributed by atoms with Crippen LogP contribution in [0.2, 0.25) is 0 Å². The molecule has 0 atom stereocenters. The maximum Gasteiger partial charge on any atom is 0.270 e. The SMILES string of the molecule is Cc1nc(-c2cccc([N+](=O)[O-])c2)nc(NN)c1C(C)C. The largest absolute Gasteiger partial charge is 0.308 e. The molecular weight excluding hydrogens is 270 g/mol. The number of nitrogens with zero attached hydrogens (tertiary/aromatic N) is 3. The number of hydrazine groups is 1. The Morgan fingerprint density at radius 1 is 1.33 bits per heavy atom. The first-order valence-electron chi connectivity index (χ1n) is 6.54. The van der Waals surface area contributed by atoms with Crippen LogP contribution in [0.1, 0.15) is 31.0 Å². The quantitative estimate of drug-likeness (QED) is 0.508. The number of nitrogens with one attached hydrogen (secondary N) is 1. The van der Waals surface area contributed by atoms with Crippen molar-refractivity contribution in [1.29, 1.82) is 0 Å². The van der Waals surface area contributed by atoms with Crippen LogP contribution in [0.3, 0.4) is 0 Å². The third kappa shape index (κ3) is 2.97. The zero-order valence-corrected chi connectivity index (χ0v) is 12.1. The molecule has 1 aromatic heterocycles. The molecule has 0 aliphatic rings. The number of nitro groups is 1. The summed E-state index contributed by atoms with van der Waals surface area (Å²) in [5.74, 6) is 6.70. The van der Waals surface area contributed by atoms with Crippen molar-refractivity contribution in [2.75, 3.05) is 5.43 Å². The molecule has 7 heteroatoms. The van der Waals surface area contributed by atoms with Gasteiger partial charge in [0.25, 0.3) is 5.69 Å². The van der Waals surface area contributed by atoms with Gasteiger partial charge in [0.15, 0.2) is 5.82 Å². The molecule has 0 aliphatic heterocycles. The molecule has 21 heavy (non-hydrogen) atoms. The van der Waals surface area contributed by atoms with Crippen molar-refractivity contribution in [2.45, 2.75) is 26.7 Å².